The standard InChI is InChI=1S/C14H18N4O2/c1-9(19)8-18(2)13-7-11(14(15)17-20)10-5-3-4-6-12(10)16-13/h3-7,9,19-20H,8H2,1-2H3,(H2,15,17). The van der Waals surface area contributed by atoms with Gasteiger partial charge in [0.1, 0.15) is 5.82 Å². The van der Waals surface area contributed by atoms with Crippen molar-refractivity contribution in [2.24, 2.45) is 10.9 Å². The molecule has 0 aliphatic rings. The average Bonchev–Trinajstić information content (AvgIpc) is 2.44. The van der Waals surface area contributed by atoms with Crippen LogP contribution in [0.1, 0.15) is 12.5 Å². The molecule has 6 nitrogen and oxygen atoms in total. The van der Waals surface area contributed by atoms with Crippen LogP contribution in [0.4, 0.5) is 5.82 Å². The van der Waals surface area contributed by atoms with E-state index < -0.39 is 6.10 Å². The van der Waals surface area contributed by atoms with Gasteiger partial charge in [0.2, 0.25) is 0 Å². The van der Waals surface area contributed by atoms with Crippen LogP contribution in [-0.2, 0) is 0 Å². The fraction of sp³-hybridized carbons (Fsp3) is 0.286. The first-order valence-corrected chi connectivity index (χ1v) is 6.30. The number of amidine groups is 1. The van der Waals surface area contributed by atoms with Gasteiger partial charge in [0.25, 0.3) is 0 Å². The van der Waals surface area contributed by atoms with Crippen molar-refractivity contribution in [3.05, 3.63) is 35.9 Å². The van der Waals surface area contributed by atoms with E-state index in [1.54, 1.807) is 13.0 Å². The smallest absolute Gasteiger partial charge is 0.170 e. The normalized spacial score (nSPS) is 13.4. The van der Waals surface area contributed by atoms with Gasteiger partial charge in [-0.3, -0.25) is 0 Å². The molecule has 0 spiro atoms. The van der Waals surface area contributed by atoms with E-state index in [1.165, 1.54) is 0 Å². The number of anilines is 1. The van der Waals surface area contributed by atoms with Crippen LogP contribution in [0.5, 0.6) is 0 Å². The number of hydrogen-bond donors (Lipinski definition) is 3. The van der Waals surface area contributed by atoms with E-state index in [0.29, 0.717) is 17.9 Å². The zero-order valence-electron chi connectivity index (χ0n) is 11.5. The molecular formula is C14H18N4O2. The first-order chi connectivity index (χ1) is 9.52. The summed E-state index contributed by atoms with van der Waals surface area (Å²) >= 11 is 0. The van der Waals surface area contributed by atoms with Crippen molar-refractivity contribution in [2.75, 3.05) is 18.5 Å². The van der Waals surface area contributed by atoms with E-state index in [4.69, 9.17) is 10.9 Å². The number of aromatic nitrogens is 1. The molecule has 0 saturated carbocycles. The highest BCUT2D eigenvalue weighted by Gasteiger charge is 2.12. The second-order valence-electron chi connectivity index (χ2n) is 4.76. The van der Waals surface area contributed by atoms with Crippen molar-refractivity contribution in [3.63, 3.8) is 0 Å². The number of benzene rings is 1. The number of fused-ring (bicyclic) bond motifs is 1. The molecule has 1 aromatic carbocycles. The summed E-state index contributed by atoms with van der Waals surface area (Å²) in [4.78, 5) is 6.35. The van der Waals surface area contributed by atoms with Gasteiger partial charge in [0.05, 0.1) is 11.6 Å². The molecule has 2 aromatic rings. The fourth-order valence-corrected chi connectivity index (χ4v) is 2.11. The quantitative estimate of drug-likeness (QED) is 0.336. The third-order valence-electron chi connectivity index (χ3n) is 3.02. The number of aliphatic hydroxyl groups excluding tert-OH is 1. The molecule has 106 valence electrons. The average molecular weight is 274 g/mol. The van der Waals surface area contributed by atoms with Gasteiger partial charge in [-0.25, -0.2) is 4.98 Å². The Balaban J connectivity index is 2.58. The van der Waals surface area contributed by atoms with Crippen LogP contribution >= 0.6 is 0 Å². The minimum Gasteiger partial charge on any atom is -0.409 e. The van der Waals surface area contributed by atoms with Gasteiger partial charge in [0, 0.05) is 24.5 Å². The summed E-state index contributed by atoms with van der Waals surface area (Å²) in [5.41, 5.74) is 7.10. The summed E-state index contributed by atoms with van der Waals surface area (Å²) in [5.74, 6) is 0.696. The Hall–Kier alpha value is -2.34. The number of rotatable bonds is 4. The highest BCUT2D eigenvalue weighted by Crippen LogP contribution is 2.22. The third-order valence-corrected chi connectivity index (χ3v) is 3.02. The molecule has 0 amide bonds. The molecular weight excluding hydrogens is 256 g/mol. The second-order valence-corrected chi connectivity index (χ2v) is 4.76. The Morgan fingerprint density at radius 2 is 2.15 bits per heavy atom. The number of aliphatic hydroxyl groups is 1. The van der Waals surface area contributed by atoms with Crippen LogP contribution in [0, 0.1) is 0 Å². The van der Waals surface area contributed by atoms with Crippen molar-refractivity contribution in [1.29, 1.82) is 0 Å². The second kappa shape index (κ2) is 5.75. The fourth-order valence-electron chi connectivity index (χ4n) is 2.11. The number of nitrogens with two attached hydrogens (primary N) is 1. The number of nitrogens with zero attached hydrogens (tertiary/aromatic N) is 3. The number of oxime groups is 1. The van der Waals surface area contributed by atoms with Crippen LogP contribution in [0.25, 0.3) is 10.9 Å². The van der Waals surface area contributed by atoms with E-state index in [0.717, 1.165) is 10.9 Å². The Kier molecular flexibility index (Phi) is 4.05. The maximum Gasteiger partial charge on any atom is 0.170 e. The molecule has 1 unspecified atom stereocenters. The lowest BCUT2D eigenvalue weighted by molar-refractivity contribution is 0.201. The van der Waals surface area contributed by atoms with Crippen LogP contribution in [0.3, 0.4) is 0 Å². The summed E-state index contributed by atoms with van der Waals surface area (Å²) in [6, 6.07) is 9.23. The molecule has 1 aromatic heterocycles. The molecule has 20 heavy (non-hydrogen) atoms. The highest BCUT2D eigenvalue weighted by atomic mass is 16.4. The Morgan fingerprint density at radius 3 is 2.80 bits per heavy atom. The minimum atomic E-state index is -0.472. The molecule has 0 fully saturated rings. The van der Waals surface area contributed by atoms with Crippen molar-refractivity contribution in [3.8, 4) is 0 Å². The zero-order chi connectivity index (χ0) is 14.7. The van der Waals surface area contributed by atoms with Crippen LogP contribution in [0.2, 0.25) is 0 Å². The summed E-state index contributed by atoms with van der Waals surface area (Å²) in [5, 5.41) is 22.3. The maximum atomic E-state index is 9.46. The molecule has 1 heterocycles. The SMILES string of the molecule is CC(O)CN(C)c1cc(C(N)=NO)c2ccccc2n1. The molecule has 0 bridgehead atoms. The van der Waals surface area contributed by atoms with Crippen molar-refractivity contribution >= 4 is 22.6 Å². The van der Waals surface area contributed by atoms with Crippen LogP contribution in [0.15, 0.2) is 35.5 Å². The molecule has 0 aliphatic carbocycles. The first kappa shape index (κ1) is 14.1. The van der Waals surface area contributed by atoms with E-state index in [9.17, 15) is 5.11 Å². The first-order valence-electron chi connectivity index (χ1n) is 6.30. The molecule has 0 aliphatic heterocycles. The Morgan fingerprint density at radius 1 is 1.45 bits per heavy atom. The van der Waals surface area contributed by atoms with E-state index in [-0.39, 0.29) is 5.84 Å². The highest BCUT2D eigenvalue weighted by molar-refractivity contribution is 6.08. The summed E-state index contributed by atoms with van der Waals surface area (Å²) < 4.78 is 0. The third kappa shape index (κ3) is 2.80. The topological polar surface area (TPSA) is 95.0 Å². The number of pyridine rings is 1. The van der Waals surface area contributed by atoms with Gasteiger partial charge < -0.3 is 20.9 Å². The predicted octanol–water partition coefficient (Wildman–Crippen LogP) is 1.15. The molecule has 6 heteroatoms. The summed E-state index contributed by atoms with van der Waals surface area (Å²) in [6.07, 6.45) is -0.472. The van der Waals surface area contributed by atoms with Crippen molar-refractivity contribution in [2.45, 2.75) is 13.0 Å². The van der Waals surface area contributed by atoms with Gasteiger partial charge in [-0.05, 0) is 19.1 Å². The van der Waals surface area contributed by atoms with E-state index >= 15 is 0 Å². The Labute approximate surface area is 117 Å². The largest absolute Gasteiger partial charge is 0.409 e. The van der Waals surface area contributed by atoms with Crippen LogP contribution < -0.4 is 10.6 Å². The van der Waals surface area contributed by atoms with Gasteiger partial charge >= 0.3 is 0 Å². The van der Waals surface area contributed by atoms with Gasteiger partial charge in [-0.1, -0.05) is 23.4 Å². The molecule has 0 saturated heterocycles. The van der Waals surface area contributed by atoms with E-state index in [1.807, 2.05) is 36.2 Å². The lowest BCUT2D eigenvalue weighted by atomic mass is 10.1. The van der Waals surface area contributed by atoms with Gasteiger partial charge in [-0.2, -0.15) is 0 Å². The minimum absolute atomic E-state index is 0.0373. The van der Waals surface area contributed by atoms with Gasteiger partial charge in [-0.15, -0.1) is 0 Å². The molecule has 0 radical (unpaired) electrons. The summed E-state index contributed by atoms with van der Waals surface area (Å²) in [6.45, 7) is 2.16. The number of likely N-dealkylation sites (N-methyl/N-ethyl adjacent to an activating group) is 1. The molecule has 4 N–H and O–H groups in total. The lowest BCUT2D eigenvalue weighted by Gasteiger charge is -2.21. The monoisotopic (exact) mass is 274 g/mol. The summed E-state index contributed by atoms with van der Waals surface area (Å²) in [7, 11) is 1.83. The number of hydrogen-bond acceptors (Lipinski definition) is 5. The van der Waals surface area contributed by atoms with Crippen LogP contribution in [-0.4, -0.2) is 40.8 Å². The van der Waals surface area contributed by atoms with Crippen molar-refractivity contribution < 1.29 is 10.3 Å². The van der Waals surface area contributed by atoms with Crippen molar-refractivity contribution in [1.82, 2.24) is 4.98 Å². The Bertz CT molecular complexity index is 640. The van der Waals surface area contributed by atoms with Gasteiger partial charge in [0.15, 0.2) is 5.84 Å². The van der Waals surface area contributed by atoms with E-state index in [2.05, 4.69) is 10.1 Å². The maximum absolute atomic E-state index is 9.46. The molecule has 2 rings (SSSR count). The molecule has 1 atom stereocenters. The predicted molar refractivity (Wildman–Crippen MR) is 79.2 cm³/mol. The zero-order valence-corrected chi connectivity index (χ0v) is 11.5. The number of para-hydroxylation sites is 1. The lowest BCUT2D eigenvalue weighted by Crippen LogP contribution is -2.28.